The topological polar surface area (TPSA) is 163 Å². The average Bonchev–Trinajstić information content (AvgIpc) is 2.77. The molecule has 0 bridgehead atoms. The number of carbonyl (C=O) groups excluding carboxylic acids is 4. The first-order chi connectivity index (χ1) is 15.7. The van der Waals surface area contributed by atoms with Crippen molar-refractivity contribution in [3.05, 3.63) is 42.5 Å². The van der Waals surface area contributed by atoms with E-state index in [0.29, 0.717) is 24.1 Å². The maximum absolute atomic E-state index is 12.9. The van der Waals surface area contributed by atoms with Crippen LogP contribution in [-0.4, -0.2) is 47.5 Å². The molecule has 0 aliphatic rings. The minimum absolute atomic E-state index is 0.116. The second-order valence-electron chi connectivity index (χ2n) is 7.96. The molecule has 2 atom stereocenters. The number of aliphatic hydroxyl groups is 1. The molecule has 1 rings (SSSR count). The Morgan fingerprint density at radius 3 is 2.30 bits per heavy atom. The molecular weight excluding hydrogens is 426 g/mol. The van der Waals surface area contributed by atoms with Gasteiger partial charge in [-0.05, 0) is 42.9 Å². The van der Waals surface area contributed by atoms with Gasteiger partial charge in [-0.15, -0.1) is 6.58 Å². The van der Waals surface area contributed by atoms with Crippen LogP contribution >= 0.6 is 0 Å². The Morgan fingerprint density at radius 1 is 1.09 bits per heavy atom. The van der Waals surface area contributed by atoms with Gasteiger partial charge in [0.15, 0.2) is 0 Å². The molecule has 0 saturated carbocycles. The van der Waals surface area contributed by atoms with Gasteiger partial charge in [0.25, 0.3) is 0 Å². The molecule has 10 heteroatoms. The Morgan fingerprint density at radius 2 is 1.76 bits per heavy atom. The predicted molar refractivity (Wildman–Crippen MR) is 126 cm³/mol. The van der Waals surface area contributed by atoms with Crippen molar-refractivity contribution in [2.75, 3.05) is 11.9 Å². The zero-order valence-corrected chi connectivity index (χ0v) is 19.2. The van der Waals surface area contributed by atoms with Crippen LogP contribution in [0.3, 0.4) is 0 Å². The predicted octanol–water partition coefficient (Wildman–Crippen LogP) is 1.16. The number of nitrogens with one attached hydrogen (secondary N) is 4. The number of nitrogens with two attached hydrogens (primary N) is 1. The van der Waals surface area contributed by atoms with Crippen LogP contribution in [0.1, 0.15) is 45.1 Å². The molecule has 0 heterocycles. The van der Waals surface area contributed by atoms with Crippen LogP contribution in [0.25, 0.3) is 0 Å². The highest BCUT2D eigenvalue weighted by atomic mass is 16.3. The van der Waals surface area contributed by atoms with Crippen LogP contribution in [0.2, 0.25) is 0 Å². The van der Waals surface area contributed by atoms with E-state index in [1.54, 1.807) is 44.2 Å². The van der Waals surface area contributed by atoms with E-state index in [4.69, 9.17) is 10.8 Å². The molecule has 0 saturated heterocycles. The van der Waals surface area contributed by atoms with E-state index < -0.39 is 29.9 Å². The van der Waals surface area contributed by atoms with Gasteiger partial charge in [0, 0.05) is 18.7 Å². The summed E-state index contributed by atoms with van der Waals surface area (Å²) in [6.07, 6.45) is 2.96. The van der Waals surface area contributed by atoms with E-state index in [-0.39, 0.29) is 37.8 Å². The number of anilines is 1. The lowest BCUT2D eigenvalue weighted by atomic mass is 10.0. The van der Waals surface area contributed by atoms with E-state index in [1.807, 2.05) is 0 Å². The van der Waals surface area contributed by atoms with Gasteiger partial charge in [0.2, 0.25) is 17.7 Å². The summed E-state index contributed by atoms with van der Waals surface area (Å²) in [5.41, 5.74) is 6.27. The maximum Gasteiger partial charge on any atom is 0.312 e. The molecule has 7 N–H and O–H groups in total. The third kappa shape index (κ3) is 10.6. The Hall–Kier alpha value is -3.40. The molecule has 182 valence electrons. The number of carbonyl (C=O) groups is 4. The lowest BCUT2D eigenvalue weighted by Gasteiger charge is -2.25. The standard InChI is InChI=1S/C23H35N5O5/c1-4-5-8-19(30)28-20(15(2)3)22(32)27-18(7-6-13-25-23(24)33)21(31)26-17-11-9-16(14-29)10-12-17/h4,9-12,15,18,20,29H,1,5-8,13-14H2,2-3H3,(H,26,31)(H,27,32)(H,28,30)(H3,24,25,33)/t18-,20-/m0/s1. The van der Waals surface area contributed by atoms with E-state index in [0.717, 1.165) is 0 Å². The highest BCUT2D eigenvalue weighted by Crippen LogP contribution is 2.12. The van der Waals surface area contributed by atoms with Crippen molar-refractivity contribution < 1.29 is 24.3 Å². The molecule has 1 aromatic rings. The minimum Gasteiger partial charge on any atom is -0.392 e. The normalized spacial score (nSPS) is 12.4. The van der Waals surface area contributed by atoms with Gasteiger partial charge in [-0.1, -0.05) is 32.1 Å². The Balaban J connectivity index is 2.89. The van der Waals surface area contributed by atoms with Gasteiger partial charge < -0.3 is 32.1 Å². The van der Waals surface area contributed by atoms with E-state index in [9.17, 15) is 19.2 Å². The van der Waals surface area contributed by atoms with E-state index in [1.165, 1.54) is 0 Å². The molecule has 0 fully saturated rings. The van der Waals surface area contributed by atoms with Crippen LogP contribution in [0.4, 0.5) is 10.5 Å². The van der Waals surface area contributed by atoms with Crippen molar-refractivity contribution in [2.45, 2.75) is 58.2 Å². The summed E-state index contributed by atoms with van der Waals surface area (Å²) in [6, 6.07) is 4.25. The van der Waals surface area contributed by atoms with Gasteiger partial charge in [-0.3, -0.25) is 14.4 Å². The van der Waals surface area contributed by atoms with Crippen LogP contribution in [0, 0.1) is 5.92 Å². The zero-order chi connectivity index (χ0) is 24.8. The highest BCUT2D eigenvalue weighted by Gasteiger charge is 2.28. The molecular formula is C23H35N5O5. The zero-order valence-electron chi connectivity index (χ0n) is 19.2. The summed E-state index contributed by atoms with van der Waals surface area (Å²) >= 11 is 0. The smallest absolute Gasteiger partial charge is 0.312 e. The number of urea groups is 1. The Kier molecular flexibility index (Phi) is 12.2. The summed E-state index contributed by atoms with van der Waals surface area (Å²) in [6.45, 7) is 7.30. The number of aliphatic hydroxyl groups excluding tert-OH is 1. The van der Waals surface area contributed by atoms with Gasteiger partial charge in [0.05, 0.1) is 6.61 Å². The first kappa shape index (κ1) is 27.6. The summed E-state index contributed by atoms with van der Waals surface area (Å²) in [5, 5.41) is 19.8. The van der Waals surface area contributed by atoms with Gasteiger partial charge in [0.1, 0.15) is 12.1 Å². The number of primary amides is 1. The monoisotopic (exact) mass is 461 g/mol. The minimum atomic E-state index is -0.906. The third-order valence-electron chi connectivity index (χ3n) is 4.85. The third-order valence-corrected chi connectivity index (χ3v) is 4.85. The number of hydrogen-bond acceptors (Lipinski definition) is 5. The first-order valence-electron chi connectivity index (χ1n) is 10.9. The van der Waals surface area contributed by atoms with E-state index in [2.05, 4.69) is 27.8 Å². The molecule has 0 unspecified atom stereocenters. The molecule has 0 spiro atoms. The molecule has 33 heavy (non-hydrogen) atoms. The van der Waals surface area contributed by atoms with Crippen molar-refractivity contribution in [3.63, 3.8) is 0 Å². The molecule has 10 nitrogen and oxygen atoms in total. The van der Waals surface area contributed by atoms with Gasteiger partial charge in [-0.2, -0.15) is 0 Å². The number of hydrogen-bond donors (Lipinski definition) is 6. The SMILES string of the molecule is C=CCCC(=O)N[C@H](C(=O)N[C@@H](CCCNC(N)=O)C(=O)Nc1ccc(CO)cc1)C(C)C. The number of rotatable bonds is 14. The molecule has 5 amide bonds. The first-order valence-corrected chi connectivity index (χ1v) is 10.9. The van der Waals surface area contributed by atoms with E-state index >= 15 is 0 Å². The fraction of sp³-hybridized carbons (Fsp3) is 0.478. The number of amides is 5. The second-order valence-corrected chi connectivity index (χ2v) is 7.96. The lowest BCUT2D eigenvalue weighted by Crippen LogP contribution is -2.54. The molecule has 1 aromatic carbocycles. The Labute approximate surface area is 194 Å². The summed E-state index contributed by atoms with van der Waals surface area (Å²) in [4.78, 5) is 48.9. The van der Waals surface area contributed by atoms with Crippen LogP contribution in [-0.2, 0) is 21.0 Å². The fourth-order valence-electron chi connectivity index (χ4n) is 2.98. The summed E-state index contributed by atoms with van der Waals surface area (Å²) in [5.74, 6) is -1.40. The van der Waals surface area contributed by atoms with Crippen LogP contribution in [0.5, 0.6) is 0 Å². The van der Waals surface area contributed by atoms with Crippen LogP contribution < -0.4 is 27.0 Å². The van der Waals surface area contributed by atoms with Crippen LogP contribution in [0.15, 0.2) is 36.9 Å². The molecule has 0 aliphatic carbocycles. The number of benzene rings is 1. The lowest BCUT2D eigenvalue weighted by molar-refractivity contribution is -0.132. The highest BCUT2D eigenvalue weighted by molar-refractivity contribution is 5.98. The van der Waals surface area contributed by atoms with Crippen molar-refractivity contribution >= 4 is 29.4 Å². The van der Waals surface area contributed by atoms with Crippen molar-refractivity contribution in [3.8, 4) is 0 Å². The van der Waals surface area contributed by atoms with Crippen molar-refractivity contribution in [2.24, 2.45) is 11.7 Å². The fourth-order valence-corrected chi connectivity index (χ4v) is 2.98. The maximum atomic E-state index is 12.9. The summed E-state index contributed by atoms with van der Waals surface area (Å²) < 4.78 is 0. The van der Waals surface area contributed by atoms with Gasteiger partial charge in [-0.25, -0.2) is 4.79 Å². The molecule has 0 aliphatic heterocycles. The molecule has 0 aromatic heterocycles. The van der Waals surface area contributed by atoms with Crippen molar-refractivity contribution in [1.82, 2.24) is 16.0 Å². The quantitative estimate of drug-likeness (QED) is 0.181. The largest absolute Gasteiger partial charge is 0.392 e. The second kappa shape index (κ2) is 14.6. The van der Waals surface area contributed by atoms with Gasteiger partial charge >= 0.3 is 6.03 Å². The molecule has 0 radical (unpaired) electrons. The average molecular weight is 462 g/mol. The van der Waals surface area contributed by atoms with Crippen molar-refractivity contribution in [1.29, 1.82) is 0 Å². The Bertz CT molecular complexity index is 810. The number of allylic oxidation sites excluding steroid dienone is 1. The summed E-state index contributed by atoms with van der Waals surface area (Å²) in [7, 11) is 0.